The zero-order chi connectivity index (χ0) is 12.0. The van der Waals surface area contributed by atoms with Gasteiger partial charge in [-0.3, -0.25) is 4.79 Å². The number of hydrogen-bond donors (Lipinski definition) is 1. The Labute approximate surface area is 95.6 Å². The Morgan fingerprint density at radius 1 is 1.31 bits per heavy atom. The highest BCUT2D eigenvalue weighted by Gasteiger charge is 2.17. The Morgan fingerprint density at radius 3 is 2.62 bits per heavy atom. The van der Waals surface area contributed by atoms with Crippen molar-refractivity contribution in [2.45, 2.75) is 24.7 Å². The SMILES string of the molecule is CCCCS(=O)(=O)c1ccccc1NC=O. The second kappa shape index (κ2) is 5.65. The molecule has 16 heavy (non-hydrogen) atoms. The number of anilines is 1. The van der Waals surface area contributed by atoms with E-state index in [1.807, 2.05) is 6.92 Å². The highest BCUT2D eigenvalue weighted by atomic mass is 32.2. The van der Waals surface area contributed by atoms with Crippen molar-refractivity contribution in [2.24, 2.45) is 0 Å². The summed E-state index contributed by atoms with van der Waals surface area (Å²) in [5, 5.41) is 2.40. The Hall–Kier alpha value is -1.36. The largest absolute Gasteiger partial charge is 0.328 e. The van der Waals surface area contributed by atoms with E-state index in [0.29, 0.717) is 18.5 Å². The van der Waals surface area contributed by atoms with E-state index in [-0.39, 0.29) is 10.6 Å². The molecular formula is C11H15NO3S. The van der Waals surface area contributed by atoms with Gasteiger partial charge in [0.1, 0.15) is 0 Å². The van der Waals surface area contributed by atoms with Crippen molar-refractivity contribution < 1.29 is 13.2 Å². The Balaban J connectivity index is 3.06. The van der Waals surface area contributed by atoms with Gasteiger partial charge in [0.05, 0.1) is 16.3 Å². The van der Waals surface area contributed by atoms with Gasteiger partial charge >= 0.3 is 0 Å². The number of sulfone groups is 1. The van der Waals surface area contributed by atoms with Crippen LogP contribution in [0.3, 0.4) is 0 Å². The fourth-order valence-corrected chi connectivity index (χ4v) is 3.00. The molecule has 1 aromatic rings. The van der Waals surface area contributed by atoms with E-state index in [2.05, 4.69) is 5.32 Å². The van der Waals surface area contributed by atoms with Gasteiger partial charge in [-0.15, -0.1) is 0 Å². The van der Waals surface area contributed by atoms with Crippen LogP contribution in [0.25, 0.3) is 0 Å². The van der Waals surface area contributed by atoms with E-state index in [1.54, 1.807) is 18.2 Å². The van der Waals surface area contributed by atoms with Crippen molar-refractivity contribution >= 4 is 21.9 Å². The molecule has 1 N–H and O–H groups in total. The highest BCUT2D eigenvalue weighted by Crippen LogP contribution is 2.22. The molecule has 0 spiro atoms. The fourth-order valence-electron chi connectivity index (χ4n) is 1.36. The number of rotatable bonds is 6. The first-order valence-corrected chi connectivity index (χ1v) is 6.79. The summed E-state index contributed by atoms with van der Waals surface area (Å²) < 4.78 is 23.9. The number of carbonyl (C=O) groups excluding carboxylic acids is 1. The molecule has 0 bridgehead atoms. The zero-order valence-electron chi connectivity index (χ0n) is 9.14. The molecule has 0 heterocycles. The first kappa shape index (κ1) is 12.7. The Kier molecular flexibility index (Phi) is 4.49. The molecule has 0 fully saturated rings. The van der Waals surface area contributed by atoms with Gasteiger partial charge in [-0.1, -0.05) is 25.5 Å². The number of amides is 1. The highest BCUT2D eigenvalue weighted by molar-refractivity contribution is 7.91. The van der Waals surface area contributed by atoms with Crippen LogP contribution >= 0.6 is 0 Å². The van der Waals surface area contributed by atoms with Gasteiger partial charge in [0, 0.05) is 0 Å². The van der Waals surface area contributed by atoms with Crippen molar-refractivity contribution in [3.8, 4) is 0 Å². The lowest BCUT2D eigenvalue weighted by atomic mass is 10.3. The topological polar surface area (TPSA) is 63.2 Å². The van der Waals surface area contributed by atoms with Crippen LogP contribution in [0.15, 0.2) is 29.2 Å². The fraction of sp³-hybridized carbons (Fsp3) is 0.364. The molecule has 0 unspecified atom stereocenters. The lowest BCUT2D eigenvalue weighted by Crippen LogP contribution is -2.10. The molecule has 1 rings (SSSR count). The minimum Gasteiger partial charge on any atom is -0.328 e. The summed E-state index contributed by atoms with van der Waals surface area (Å²) in [6.07, 6.45) is 1.93. The Morgan fingerprint density at radius 2 is 2.00 bits per heavy atom. The monoisotopic (exact) mass is 241 g/mol. The van der Waals surface area contributed by atoms with Gasteiger partial charge in [-0.25, -0.2) is 8.42 Å². The van der Waals surface area contributed by atoms with Gasteiger partial charge in [0.25, 0.3) is 0 Å². The van der Waals surface area contributed by atoms with E-state index in [0.717, 1.165) is 6.42 Å². The lowest BCUT2D eigenvalue weighted by Gasteiger charge is -2.08. The molecule has 1 aromatic carbocycles. The quantitative estimate of drug-likeness (QED) is 0.773. The van der Waals surface area contributed by atoms with E-state index in [9.17, 15) is 13.2 Å². The van der Waals surface area contributed by atoms with Crippen LogP contribution < -0.4 is 5.32 Å². The lowest BCUT2D eigenvalue weighted by molar-refractivity contribution is -0.105. The summed E-state index contributed by atoms with van der Waals surface area (Å²) in [5.41, 5.74) is 0.341. The average molecular weight is 241 g/mol. The van der Waals surface area contributed by atoms with E-state index < -0.39 is 9.84 Å². The average Bonchev–Trinajstić information content (AvgIpc) is 2.27. The third-order valence-electron chi connectivity index (χ3n) is 2.20. The third-order valence-corrected chi connectivity index (χ3v) is 4.06. The molecular weight excluding hydrogens is 226 g/mol. The first-order valence-electron chi connectivity index (χ1n) is 5.13. The van der Waals surface area contributed by atoms with Gasteiger partial charge in [0.2, 0.25) is 6.41 Å². The zero-order valence-corrected chi connectivity index (χ0v) is 9.96. The van der Waals surface area contributed by atoms with Crippen LogP contribution in [-0.4, -0.2) is 20.6 Å². The summed E-state index contributed by atoms with van der Waals surface area (Å²) in [6, 6.07) is 6.42. The van der Waals surface area contributed by atoms with E-state index >= 15 is 0 Å². The molecule has 0 saturated heterocycles. The molecule has 0 aromatic heterocycles. The number of nitrogens with one attached hydrogen (secondary N) is 1. The van der Waals surface area contributed by atoms with Crippen molar-refractivity contribution in [1.82, 2.24) is 0 Å². The molecule has 0 aliphatic heterocycles. The van der Waals surface area contributed by atoms with Crippen molar-refractivity contribution in [1.29, 1.82) is 0 Å². The molecule has 0 atom stereocenters. The maximum atomic E-state index is 11.9. The van der Waals surface area contributed by atoms with Crippen LogP contribution in [0, 0.1) is 0 Å². The van der Waals surface area contributed by atoms with E-state index in [1.165, 1.54) is 6.07 Å². The number of unbranched alkanes of at least 4 members (excludes halogenated alkanes) is 1. The minimum absolute atomic E-state index is 0.112. The predicted molar refractivity (Wildman–Crippen MR) is 63.1 cm³/mol. The van der Waals surface area contributed by atoms with Crippen molar-refractivity contribution in [2.75, 3.05) is 11.1 Å². The summed E-state index contributed by atoms with van der Waals surface area (Å²) in [4.78, 5) is 10.6. The number of para-hydroxylation sites is 1. The number of hydrogen-bond acceptors (Lipinski definition) is 3. The van der Waals surface area contributed by atoms with E-state index in [4.69, 9.17) is 0 Å². The standard InChI is InChI=1S/C11H15NO3S/c1-2-3-8-16(14,15)11-7-5-4-6-10(11)12-9-13/h4-7,9H,2-3,8H2,1H3,(H,12,13). The minimum atomic E-state index is -3.30. The molecule has 0 aliphatic rings. The van der Waals surface area contributed by atoms with Crippen LogP contribution in [0.1, 0.15) is 19.8 Å². The molecule has 88 valence electrons. The van der Waals surface area contributed by atoms with Gasteiger partial charge in [-0.05, 0) is 18.6 Å². The van der Waals surface area contributed by atoms with Crippen LogP contribution in [0.2, 0.25) is 0 Å². The smallest absolute Gasteiger partial charge is 0.211 e. The first-order chi connectivity index (χ1) is 7.61. The summed E-state index contributed by atoms with van der Waals surface area (Å²) in [6.45, 7) is 1.94. The molecule has 0 radical (unpaired) electrons. The third kappa shape index (κ3) is 3.06. The summed E-state index contributed by atoms with van der Waals surface area (Å²) >= 11 is 0. The van der Waals surface area contributed by atoms with Crippen LogP contribution in [0.5, 0.6) is 0 Å². The molecule has 4 nitrogen and oxygen atoms in total. The molecule has 0 saturated carbocycles. The maximum absolute atomic E-state index is 11.9. The molecule has 5 heteroatoms. The maximum Gasteiger partial charge on any atom is 0.211 e. The predicted octanol–water partition coefficient (Wildman–Crippen LogP) is 1.83. The van der Waals surface area contributed by atoms with Crippen LogP contribution in [0.4, 0.5) is 5.69 Å². The second-order valence-corrected chi connectivity index (χ2v) is 5.51. The van der Waals surface area contributed by atoms with Crippen LogP contribution in [-0.2, 0) is 14.6 Å². The second-order valence-electron chi connectivity index (χ2n) is 3.43. The Bertz CT molecular complexity index is 454. The van der Waals surface area contributed by atoms with Gasteiger partial charge < -0.3 is 5.32 Å². The number of benzene rings is 1. The molecule has 0 aliphatic carbocycles. The van der Waals surface area contributed by atoms with Gasteiger partial charge in [-0.2, -0.15) is 0 Å². The normalized spacial score (nSPS) is 11.1. The number of carbonyl (C=O) groups is 1. The van der Waals surface area contributed by atoms with Gasteiger partial charge in [0.15, 0.2) is 9.84 Å². The van der Waals surface area contributed by atoms with Crippen molar-refractivity contribution in [3.05, 3.63) is 24.3 Å². The van der Waals surface area contributed by atoms with Crippen molar-refractivity contribution in [3.63, 3.8) is 0 Å². The summed E-state index contributed by atoms with van der Waals surface area (Å²) in [7, 11) is -3.30. The molecule has 1 amide bonds. The summed E-state index contributed by atoms with van der Waals surface area (Å²) in [5.74, 6) is 0.112.